The molecule has 2 rings (SSSR count). The molecule has 0 spiro atoms. The summed E-state index contributed by atoms with van der Waals surface area (Å²) in [4.78, 5) is 16.8. The molecule has 5 heteroatoms. The Kier molecular flexibility index (Phi) is 3.11. The number of hydrogen-bond donors (Lipinski definition) is 0. The molecule has 0 N–H and O–H groups in total. The van der Waals surface area contributed by atoms with Crippen molar-refractivity contribution in [1.82, 2.24) is 15.0 Å². The van der Waals surface area contributed by atoms with Crippen molar-refractivity contribution >= 4 is 6.29 Å². The predicted octanol–water partition coefficient (Wildman–Crippen LogP) is 0.968. The van der Waals surface area contributed by atoms with Gasteiger partial charge in [-0.05, 0) is 25.9 Å². The Labute approximate surface area is 88.5 Å². The van der Waals surface area contributed by atoms with Gasteiger partial charge in [-0.15, -0.1) is 0 Å². The van der Waals surface area contributed by atoms with E-state index in [2.05, 4.69) is 22.0 Å². The lowest BCUT2D eigenvalue weighted by molar-refractivity contribution is -0.107. The normalized spacial score (nSPS) is 22.1. The number of nitrogens with zero attached hydrogens (tertiary/aromatic N) is 3. The number of aromatic nitrogens is 2. The number of carbonyl (C=O) groups is 1. The van der Waals surface area contributed by atoms with Crippen molar-refractivity contribution in [2.24, 2.45) is 0 Å². The molecule has 1 aliphatic rings. The Morgan fingerprint density at radius 1 is 1.67 bits per heavy atom. The van der Waals surface area contributed by atoms with E-state index in [0.717, 1.165) is 31.6 Å². The molecule has 0 amide bonds. The number of carbonyl (C=O) groups excluding carboxylic acids is 1. The number of likely N-dealkylation sites (tertiary alicyclic amines) is 1. The van der Waals surface area contributed by atoms with Gasteiger partial charge in [0.2, 0.25) is 5.89 Å². The molecule has 1 aliphatic heterocycles. The van der Waals surface area contributed by atoms with Crippen LogP contribution in [0.5, 0.6) is 0 Å². The molecule has 0 aromatic carbocycles. The van der Waals surface area contributed by atoms with Crippen LogP contribution in [0, 0.1) is 0 Å². The summed E-state index contributed by atoms with van der Waals surface area (Å²) in [5.74, 6) is 1.15. The van der Waals surface area contributed by atoms with E-state index in [1.165, 1.54) is 6.42 Å². The summed E-state index contributed by atoms with van der Waals surface area (Å²) in [6.45, 7) is 4.23. The van der Waals surface area contributed by atoms with Crippen molar-refractivity contribution in [3.8, 4) is 0 Å². The summed E-state index contributed by atoms with van der Waals surface area (Å²) in [6.07, 6.45) is 3.25. The van der Waals surface area contributed by atoms with Gasteiger partial charge in [-0.1, -0.05) is 12.1 Å². The summed E-state index contributed by atoms with van der Waals surface area (Å²) in [5.41, 5.74) is 0. The van der Waals surface area contributed by atoms with E-state index in [0.29, 0.717) is 5.89 Å². The topological polar surface area (TPSA) is 59.2 Å². The molecule has 0 radical (unpaired) electrons. The van der Waals surface area contributed by atoms with E-state index in [4.69, 9.17) is 4.52 Å². The monoisotopic (exact) mass is 209 g/mol. The fraction of sp³-hybridized carbons (Fsp3) is 0.700. The molecule has 1 unspecified atom stereocenters. The molecule has 15 heavy (non-hydrogen) atoms. The first-order chi connectivity index (χ1) is 7.35. The maximum Gasteiger partial charge on any atom is 0.233 e. The van der Waals surface area contributed by atoms with Gasteiger partial charge in [0.1, 0.15) is 6.29 Å². The predicted molar refractivity (Wildman–Crippen MR) is 53.3 cm³/mol. The average Bonchev–Trinajstić information content (AvgIpc) is 2.84. The minimum atomic E-state index is 0.214. The molecule has 1 aromatic heterocycles. The van der Waals surface area contributed by atoms with Crippen LogP contribution in [0.1, 0.15) is 37.5 Å². The lowest BCUT2D eigenvalue weighted by atomic mass is 10.2. The summed E-state index contributed by atoms with van der Waals surface area (Å²) >= 11 is 0. The van der Waals surface area contributed by atoms with Crippen LogP contribution in [0.2, 0.25) is 0 Å². The van der Waals surface area contributed by atoms with Gasteiger partial charge in [0.25, 0.3) is 0 Å². The number of aldehydes is 1. The first kappa shape index (κ1) is 10.3. The maximum atomic E-state index is 10.3. The number of hydrogen-bond acceptors (Lipinski definition) is 5. The maximum absolute atomic E-state index is 10.3. The van der Waals surface area contributed by atoms with Gasteiger partial charge in [0.15, 0.2) is 5.82 Å². The SMILES string of the molecule is CCN1CCCC1c1noc(CC=O)n1. The highest BCUT2D eigenvalue weighted by molar-refractivity contribution is 5.52. The van der Waals surface area contributed by atoms with Crippen LogP contribution in [-0.2, 0) is 11.2 Å². The first-order valence-electron chi connectivity index (χ1n) is 5.35. The van der Waals surface area contributed by atoms with Gasteiger partial charge in [-0.25, -0.2) is 0 Å². The van der Waals surface area contributed by atoms with Crippen LogP contribution in [0.15, 0.2) is 4.52 Å². The Morgan fingerprint density at radius 2 is 2.53 bits per heavy atom. The molecule has 1 atom stereocenters. The van der Waals surface area contributed by atoms with Gasteiger partial charge >= 0.3 is 0 Å². The second-order valence-corrected chi connectivity index (χ2v) is 3.70. The van der Waals surface area contributed by atoms with E-state index >= 15 is 0 Å². The Balaban J connectivity index is 2.10. The van der Waals surface area contributed by atoms with Crippen LogP contribution >= 0.6 is 0 Å². The average molecular weight is 209 g/mol. The Morgan fingerprint density at radius 3 is 3.27 bits per heavy atom. The molecule has 0 aliphatic carbocycles. The van der Waals surface area contributed by atoms with Crippen LogP contribution < -0.4 is 0 Å². The molecule has 82 valence electrons. The third kappa shape index (κ3) is 2.07. The zero-order chi connectivity index (χ0) is 10.7. The van der Waals surface area contributed by atoms with E-state index in [1.54, 1.807) is 0 Å². The summed E-state index contributed by atoms with van der Waals surface area (Å²) in [7, 11) is 0. The molecule has 1 saturated heterocycles. The second-order valence-electron chi connectivity index (χ2n) is 3.70. The van der Waals surface area contributed by atoms with Crippen molar-refractivity contribution < 1.29 is 9.32 Å². The fourth-order valence-corrected chi connectivity index (χ4v) is 2.05. The van der Waals surface area contributed by atoms with Crippen molar-refractivity contribution in [3.63, 3.8) is 0 Å². The lowest BCUT2D eigenvalue weighted by Crippen LogP contribution is -2.23. The Bertz CT molecular complexity index is 337. The van der Waals surface area contributed by atoms with Crippen LogP contribution in [0.25, 0.3) is 0 Å². The van der Waals surface area contributed by atoms with Gasteiger partial charge in [-0.3, -0.25) is 4.90 Å². The Hall–Kier alpha value is -1.23. The highest BCUT2D eigenvalue weighted by Gasteiger charge is 2.28. The third-order valence-electron chi connectivity index (χ3n) is 2.81. The largest absolute Gasteiger partial charge is 0.339 e. The molecule has 5 nitrogen and oxygen atoms in total. The molecular formula is C10H15N3O2. The summed E-state index contributed by atoms with van der Waals surface area (Å²) in [5, 5.41) is 3.93. The van der Waals surface area contributed by atoms with E-state index in [9.17, 15) is 4.79 Å². The van der Waals surface area contributed by atoms with Crippen LogP contribution in [0.3, 0.4) is 0 Å². The third-order valence-corrected chi connectivity index (χ3v) is 2.81. The zero-order valence-corrected chi connectivity index (χ0v) is 8.85. The van der Waals surface area contributed by atoms with E-state index in [1.807, 2.05) is 0 Å². The van der Waals surface area contributed by atoms with Crippen molar-refractivity contribution in [3.05, 3.63) is 11.7 Å². The van der Waals surface area contributed by atoms with Crippen molar-refractivity contribution in [2.45, 2.75) is 32.2 Å². The van der Waals surface area contributed by atoms with Crippen LogP contribution in [-0.4, -0.2) is 34.4 Å². The fourth-order valence-electron chi connectivity index (χ4n) is 2.05. The molecule has 1 fully saturated rings. The van der Waals surface area contributed by atoms with Crippen molar-refractivity contribution in [1.29, 1.82) is 0 Å². The van der Waals surface area contributed by atoms with Crippen LogP contribution in [0.4, 0.5) is 0 Å². The van der Waals surface area contributed by atoms with E-state index in [-0.39, 0.29) is 12.5 Å². The smallest absolute Gasteiger partial charge is 0.233 e. The minimum Gasteiger partial charge on any atom is -0.339 e. The first-order valence-corrected chi connectivity index (χ1v) is 5.35. The standard InChI is InChI=1S/C10H15N3O2/c1-2-13-6-3-4-8(13)10-11-9(5-7-14)15-12-10/h7-8H,2-6H2,1H3. The molecule has 0 bridgehead atoms. The van der Waals surface area contributed by atoms with Crippen molar-refractivity contribution in [2.75, 3.05) is 13.1 Å². The van der Waals surface area contributed by atoms with Gasteiger partial charge in [-0.2, -0.15) is 4.98 Å². The van der Waals surface area contributed by atoms with E-state index < -0.39 is 0 Å². The van der Waals surface area contributed by atoms with Gasteiger partial charge < -0.3 is 9.32 Å². The zero-order valence-electron chi connectivity index (χ0n) is 8.85. The van der Waals surface area contributed by atoms with Gasteiger partial charge in [0.05, 0.1) is 12.5 Å². The quantitative estimate of drug-likeness (QED) is 0.691. The summed E-state index contributed by atoms with van der Waals surface area (Å²) in [6, 6.07) is 0.277. The molecular weight excluding hydrogens is 194 g/mol. The highest BCUT2D eigenvalue weighted by Crippen LogP contribution is 2.29. The molecule has 2 heterocycles. The summed E-state index contributed by atoms with van der Waals surface area (Å²) < 4.78 is 4.99. The van der Waals surface area contributed by atoms with Gasteiger partial charge in [0, 0.05) is 0 Å². The second kappa shape index (κ2) is 4.53. The lowest BCUT2D eigenvalue weighted by Gasteiger charge is -2.18. The molecule has 1 aromatic rings. The highest BCUT2D eigenvalue weighted by atomic mass is 16.5. The molecule has 0 saturated carbocycles. The minimum absolute atomic E-state index is 0.214. The number of rotatable bonds is 4.